The Morgan fingerprint density at radius 3 is 1.83 bits per heavy atom. The molecule has 0 radical (unpaired) electrons. The molecule has 0 aromatic carbocycles. The van der Waals surface area contributed by atoms with E-state index in [0.29, 0.717) is 0 Å². The van der Waals surface area contributed by atoms with Crippen molar-refractivity contribution in [2.24, 2.45) is 0 Å². The van der Waals surface area contributed by atoms with E-state index in [1.165, 1.54) is 0 Å². The van der Waals surface area contributed by atoms with E-state index < -0.39 is 74.6 Å². The zero-order chi connectivity index (χ0) is 17.3. The predicted molar refractivity (Wildman–Crippen MR) is 68.6 cm³/mol. The van der Waals surface area contributed by atoms with Crippen LogP contribution in [0.5, 0.6) is 0 Å². The molecule has 0 spiro atoms. The second-order valence-corrected chi connectivity index (χ2v) is 5.53. The predicted octanol–water partition coefficient (Wildman–Crippen LogP) is -5.40. The first-order valence-electron chi connectivity index (χ1n) is 7.08. The van der Waals surface area contributed by atoms with E-state index in [9.17, 15) is 35.7 Å². The van der Waals surface area contributed by atoms with Crippen molar-refractivity contribution in [3.63, 3.8) is 0 Å². The molecule has 2 aliphatic heterocycles. The fourth-order valence-electron chi connectivity index (χ4n) is 2.57. The minimum absolute atomic E-state index is 0.667. The van der Waals surface area contributed by atoms with Crippen molar-refractivity contribution in [3.05, 3.63) is 0 Å². The molecular weight excluding hydrogens is 320 g/mol. The third kappa shape index (κ3) is 3.65. The van der Waals surface area contributed by atoms with Crippen LogP contribution in [0.2, 0.25) is 0 Å². The van der Waals surface area contributed by atoms with Crippen LogP contribution in [-0.4, -0.2) is 115 Å². The van der Waals surface area contributed by atoms with Gasteiger partial charge in [-0.2, -0.15) is 0 Å². The Morgan fingerprint density at radius 1 is 0.652 bits per heavy atom. The van der Waals surface area contributed by atoms with Crippen molar-refractivity contribution in [2.45, 2.75) is 61.4 Å². The van der Waals surface area contributed by atoms with Crippen LogP contribution in [0.25, 0.3) is 0 Å². The highest BCUT2D eigenvalue weighted by Crippen LogP contribution is 2.28. The second kappa shape index (κ2) is 7.63. The molecule has 10 atom stereocenters. The first-order chi connectivity index (χ1) is 10.8. The van der Waals surface area contributed by atoms with Gasteiger partial charge in [0.05, 0.1) is 13.2 Å². The summed E-state index contributed by atoms with van der Waals surface area (Å²) in [5.41, 5.74) is 0. The first kappa shape index (κ1) is 18.9. The number of aliphatic hydroxyl groups excluding tert-OH is 8. The molecule has 0 saturated carbocycles. The van der Waals surface area contributed by atoms with Gasteiger partial charge in [-0.25, -0.2) is 0 Å². The van der Waals surface area contributed by atoms with Gasteiger partial charge in [-0.15, -0.1) is 0 Å². The standard InChI is InChI=1S/C12H22O11/c13-1-3-5(15)6(16)9(19)12(22-3)23-10-4(2-14)21-11(20)8(18)7(10)17/h3-20H,1-2H2/t3-,4+,5-,6+,7+,8-,9-,10-,11?,12-/m1/s1. The number of hydrogen-bond donors (Lipinski definition) is 8. The van der Waals surface area contributed by atoms with Crippen LogP contribution in [0.15, 0.2) is 0 Å². The van der Waals surface area contributed by atoms with E-state index in [1.807, 2.05) is 0 Å². The van der Waals surface area contributed by atoms with Crippen LogP contribution < -0.4 is 0 Å². The number of rotatable bonds is 4. The molecule has 136 valence electrons. The average Bonchev–Trinajstić information content (AvgIpc) is 2.55. The summed E-state index contributed by atoms with van der Waals surface area (Å²) in [6.07, 6.45) is -15.6. The summed E-state index contributed by atoms with van der Waals surface area (Å²) in [5.74, 6) is 0. The van der Waals surface area contributed by atoms with E-state index in [0.717, 1.165) is 0 Å². The summed E-state index contributed by atoms with van der Waals surface area (Å²) in [7, 11) is 0. The Balaban J connectivity index is 2.11. The monoisotopic (exact) mass is 342 g/mol. The largest absolute Gasteiger partial charge is 0.394 e. The summed E-state index contributed by atoms with van der Waals surface area (Å²) in [6.45, 7) is -1.35. The summed E-state index contributed by atoms with van der Waals surface area (Å²) >= 11 is 0. The number of ether oxygens (including phenoxy) is 3. The van der Waals surface area contributed by atoms with Gasteiger partial charge < -0.3 is 55.1 Å². The van der Waals surface area contributed by atoms with Crippen molar-refractivity contribution in [3.8, 4) is 0 Å². The summed E-state index contributed by atoms with van der Waals surface area (Å²) in [5, 5.41) is 76.5. The number of hydrogen-bond acceptors (Lipinski definition) is 11. The quantitative estimate of drug-likeness (QED) is 0.243. The Kier molecular flexibility index (Phi) is 6.27. The molecule has 2 aliphatic rings. The van der Waals surface area contributed by atoms with Crippen molar-refractivity contribution in [1.29, 1.82) is 0 Å². The van der Waals surface area contributed by atoms with E-state index in [4.69, 9.17) is 19.3 Å². The third-order valence-corrected chi connectivity index (χ3v) is 3.98. The molecule has 2 heterocycles. The normalized spacial score (nSPS) is 51.7. The molecule has 2 fully saturated rings. The highest BCUT2D eigenvalue weighted by molar-refractivity contribution is 4.93. The van der Waals surface area contributed by atoms with Gasteiger partial charge in [0.15, 0.2) is 12.6 Å². The molecule has 2 saturated heterocycles. The number of aliphatic hydroxyl groups is 8. The van der Waals surface area contributed by atoms with Gasteiger partial charge in [0.1, 0.15) is 48.8 Å². The fourth-order valence-corrected chi connectivity index (χ4v) is 2.57. The lowest BCUT2D eigenvalue weighted by Gasteiger charge is -2.45. The Bertz CT molecular complexity index is 378. The smallest absolute Gasteiger partial charge is 0.187 e. The lowest BCUT2D eigenvalue weighted by atomic mass is 9.97. The van der Waals surface area contributed by atoms with Crippen molar-refractivity contribution in [2.75, 3.05) is 13.2 Å². The fraction of sp³-hybridized carbons (Fsp3) is 1.00. The molecule has 0 bridgehead atoms. The van der Waals surface area contributed by atoms with Crippen molar-refractivity contribution < 1.29 is 55.1 Å². The maximum absolute atomic E-state index is 9.94. The molecule has 8 N–H and O–H groups in total. The summed E-state index contributed by atoms with van der Waals surface area (Å²) in [4.78, 5) is 0. The molecule has 0 aliphatic carbocycles. The van der Waals surface area contributed by atoms with Gasteiger partial charge in [-0.05, 0) is 0 Å². The topological polar surface area (TPSA) is 190 Å². The third-order valence-electron chi connectivity index (χ3n) is 3.98. The molecule has 2 rings (SSSR count). The van der Waals surface area contributed by atoms with Crippen molar-refractivity contribution >= 4 is 0 Å². The van der Waals surface area contributed by atoms with Gasteiger partial charge in [-0.3, -0.25) is 0 Å². The molecular formula is C12H22O11. The maximum atomic E-state index is 9.94. The minimum Gasteiger partial charge on any atom is -0.394 e. The Hall–Kier alpha value is -0.440. The van der Waals surface area contributed by atoms with Gasteiger partial charge >= 0.3 is 0 Å². The van der Waals surface area contributed by atoms with Crippen LogP contribution in [0.1, 0.15) is 0 Å². The van der Waals surface area contributed by atoms with Gasteiger partial charge in [0, 0.05) is 0 Å². The Morgan fingerprint density at radius 2 is 1.26 bits per heavy atom. The van der Waals surface area contributed by atoms with Crippen LogP contribution in [0.3, 0.4) is 0 Å². The SMILES string of the molecule is OC[C@@H]1OC(O)[C@H](O)[C@H](O)[C@@H]1O[C@H]1O[C@H](CO)[C@@H](O)[C@H](O)[C@H]1O. The van der Waals surface area contributed by atoms with Crippen LogP contribution in [0, 0.1) is 0 Å². The zero-order valence-corrected chi connectivity index (χ0v) is 12.0. The van der Waals surface area contributed by atoms with Gasteiger partial charge in [0.25, 0.3) is 0 Å². The molecule has 0 aromatic rings. The molecule has 11 heteroatoms. The van der Waals surface area contributed by atoms with Crippen LogP contribution in [0.4, 0.5) is 0 Å². The highest BCUT2D eigenvalue weighted by atomic mass is 16.7. The molecule has 23 heavy (non-hydrogen) atoms. The Labute approximate surface area is 130 Å². The summed E-state index contributed by atoms with van der Waals surface area (Å²) in [6, 6.07) is 0. The zero-order valence-electron chi connectivity index (χ0n) is 12.0. The average molecular weight is 342 g/mol. The lowest BCUT2D eigenvalue weighted by Crippen LogP contribution is -2.64. The maximum Gasteiger partial charge on any atom is 0.187 e. The molecule has 0 amide bonds. The van der Waals surface area contributed by atoms with Gasteiger partial charge in [-0.1, -0.05) is 0 Å². The van der Waals surface area contributed by atoms with E-state index in [2.05, 4.69) is 0 Å². The first-order valence-corrected chi connectivity index (χ1v) is 7.08. The lowest BCUT2D eigenvalue weighted by molar-refractivity contribution is -0.355. The van der Waals surface area contributed by atoms with E-state index in [-0.39, 0.29) is 0 Å². The van der Waals surface area contributed by atoms with Crippen LogP contribution >= 0.6 is 0 Å². The molecule has 1 unspecified atom stereocenters. The van der Waals surface area contributed by atoms with E-state index >= 15 is 0 Å². The summed E-state index contributed by atoms with van der Waals surface area (Å²) < 4.78 is 15.3. The highest BCUT2D eigenvalue weighted by Gasteiger charge is 2.50. The van der Waals surface area contributed by atoms with Crippen molar-refractivity contribution in [1.82, 2.24) is 0 Å². The second-order valence-electron chi connectivity index (χ2n) is 5.53. The van der Waals surface area contributed by atoms with E-state index in [1.54, 1.807) is 0 Å². The van der Waals surface area contributed by atoms with Gasteiger partial charge in [0.2, 0.25) is 0 Å². The molecule has 11 nitrogen and oxygen atoms in total. The van der Waals surface area contributed by atoms with Crippen LogP contribution in [-0.2, 0) is 14.2 Å². The molecule has 0 aromatic heterocycles. The minimum atomic E-state index is -1.74.